The van der Waals surface area contributed by atoms with E-state index in [2.05, 4.69) is 10.3 Å². The standard InChI is InChI=1S/C31H30N2O5S/c1-36-27-9-2-3-10-29(27)39-20-26-17-28(22-13-11-21(19-34)12-14-22)38-31(37-26)23-6-4-8-25(16-23)33-30(35)24-7-5-15-32-18-24/h2-16,18,26,28,31,34H,17,19-20H2,1H3,(H,33,35)/t26-,28+,31+/m1/s1. The molecule has 4 aromatic rings. The van der Waals surface area contributed by atoms with E-state index in [1.54, 1.807) is 37.2 Å². The molecule has 0 saturated carbocycles. The predicted octanol–water partition coefficient (Wildman–Crippen LogP) is 6.17. The second-order valence-electron chi connectivity index (χ2n) is 9.13. The number of amides is 1. The maximum Gasteiger partial charge on any atom is 0.257 e. The molecule has 0 unspecified atom stereocenters. The highest BCUT2D eigenvalue weighted by molar-refractivity contribution is 7.99. The summed E-state index contributed by atoms with van der Waals surface area (Å²) >= 11 is 1.69. The van der Waals surface area contributed by atoms with Crippen LogP contribution in [0.1, 0.15) is 45.9 Å². The van der Waals surface area contributed by atoms with Crippen molar-refractivity contribution in [1.29, 1.82) is 0 Å². The van der Waals surface area contributed by atoms with Crippen molar-refractivity contribution in [3.8, 4) is 5.75 Å². The number of hydrogen-bond donors (Lipinski definition) is 2. The fourth-order valence-electron chi connectivity index (χ4n) is 4.41. The number of methoxy groups -OCH3 is 1. The van der Waals surface area contributed by atoms with Crippen LogP contribution in [0.2, 0.25) is 0 Å². The summed E-state index contributed by atoms with van der Waals surface area (Å²) < 4.78 is 18.4. The van der Waals surface area contributed by atoms with E-state index in [4.69, 9.17) is 14.2 Å². The average Bonchev–Trinajstić information content (AvgIpc) is 3.00. The van der Waals surface area contributed by atoms with E-state index in [0.29, 0.717) is 23.4 Å². The molecule has 3 atom stereocenters. The van der Waals surface area contributed by atoms with Crippen LogP contribution in [-0.2, 0) is 16.1 Å². The molecule has 1 aliphatic heterocycles. The summed E-state index contributed by atoms with van der Waals surface area (Å²) in [7, 11) is 1.67. The van der Waals surface area contributed by atoms with Crippen LogP contribution in [0.3, 0.4) is 0 Å². The van der Waals surface area contributed by atoms with Crippen LogP contribution in [-0.4, -0.2) is 35.0 Å². The highest BCUT2D eigenvalue weighted by Crippen LogP contribution is 2.40. The first-order valence-electron chi connectivity index (χ1n) is 12.7. The van der Waals surface area contributed by atoms with Gasteiger partial charge in [0.15, 0.2) is 6.29 Å². The van der Waals surface area contributed by atoms with Crippen LogP contribution < -0.4 is 10.1 Å². The first kappa shape index (κ1) is 26.9. The van der Waals surface area contributed by atoms with Gasteiger partial charge in [-0.05, 0) is 47.5 Å². The molecule has 1 saturated heterocycles. The van der Waals surface area contributed by atoms with Crippen molar-refractivity contribution in [3.63, 3.8) is 0 Å². The summed E-state index contributed by atoms with van der Waals surface area (Å²) in [5, 5.41) is 12.4. The van der Waals surface area contributed by atoms with Crippen molar-refractivity contribution in [3.05, 3.63) is 120 Å². The van der Waals surface area contributed by atoms with Crippen LogP contribution in [0.5, 0.6) is 5.75 Å². The van der Waals surface area contributed by atoms with Gasteiger partial charge in [-0.1, -0.05) is 48.5 Å². The molecule has 1 fully saturated rings. The number of benzene rings is 3. The monoisotopic (exact) mass is 542 g/mol. The van der Waals surface area contributed by atoms with E-state index in [1.807, 2.05) is 72.8 Å². The van der Waals surface area contributed by atoms with Crippen molar-refractivity contribution < 1.29 is 24.1 Å². The molecule has 3 aromatic carbocycles. The Bertz CT molecular complexity index is 1380. The van der Waals surface area contributed by atoms with Gasteiger partial charge in [-0.25, -0.2) is 0 Å². The second-order valence-corrected chi connectivity index (χ2v) is 10.2. The van der Waals surface area contributed by atoms with Crippen molar-refractivity contribution >= 4 is 23.4 Å². The minimum absolute atomic E-state index is 0.00668. The van der Waals surface area contributed by atoms with E-state index in [0.717, 1.165) is 27.3 Å². The molecule has 5 rings (SSSR count). The van der Waals surface area contributed by atoms with Crippen molar-refractivity contribution in [2.24, 2.45) is 0 Å². The van der Waals surface area contributed by atoms with Crippen LogP contribution >= 0.6 is 11.8 Å². The molecule has 0 bridgehead atoms. The second kappa shape index (κ2) is 12.9. The molecule has 1 aliphatic rings. The number of hydrogen-bond acceptors (Lipinski definition) is 7. The SMILES string of the molecule is COc1ccccc1SC[C@H]1C[C@@H](c2ccc(CO)cc2)O[C@@H](c2cccc(NC(=O)c3cccnc3)c2)O1. The lowest BCUT2D eigenvalue weighted by molar-refractivity contribution is -0.245. The van der Waals surface area contributed by atoms with Crippen molar-refractivity contribution in [2.45, 2.75) is 36.4 Å². The summed E-state index contributed by atoms with van der Waals surface area (Å²) in [5.41, 5.74) is 3.80. The highest BCUT2D eigenvalue weighted by Gasteiger charge is 2.32. The number of ether oxygens (including phenoxy) is 3. The Morgan fingerprint density at radius 3 is 2.64 bits per heavy atom. The van der Waals surface area contributed by atoms with E-state index in [-0.39, 0.29) is 24.7 Å². The third kappa shape index (κ3) is 6.85. The molecular formula is C31H30N2O5S. The number of carbonyl (C=O) groups excluding carboxylic acids is 1. The van der Waals surface area contributed by atoms with Gasteiger partial charge in [-0.3, -0.25) is 9.78 Å². The zero-order valence-electron chi connectivity index (χ0n) is 21.5. The van der Waals surface area contributed by atoms with Gasteiger partial charge >= 0.3 is 0 Å². The molecular weight excluding hydrogens is 512 g/mol. The number of nitrogens with zero attached hydrogens (tertiary/aromatic N) is 1. The lowest BCUT2D eigenvalue weighted by atomic mass is 10.0. The molecule has 200 valence electrons. The maximum absolute atomic E-state index is 12.7. The molecule has 0 aliphatic carbocycles. The number of thioether (sulfide) groups is 1. The van der Waals surface area contributed by atoms with Gasteiger partial charge in [0.1, 0.15) is 5.75 Å². The average molecular weight is 543 g/mol. The lowest BCUT2D eigenvalue weighted by Gasteiger charge is -2.36. The number of para-hydroxylation sites is 1. The zero-order chi connectivity index (χ0) is 27.0. The molecule has 1 amide bonds. The quantitative estimate of drug-likeness (QED) is 0.244. The fourth-order valence-corrected chi connectivity index (χ4v) is 5.46. The third-order valence-corrected chi connectivity index (χ3v) is 7.64. The Hall–Kier alpha value is -3.69. The molecule has 8 heteroatoms. The summed E-state index contributed by atoms with van der Waals surface area (Å²) in [4.78, 5) is 17.7. The van der Waals surface area contributed by atoms with Crippen molar-refractivity contribution in [1.82, 2.24) is 4.98 Å². The van der Waals surface area contributed by atoms with Crippen LogP contribution in [0.15, 0.2) is 102 Å². The first-order chi connectivity index (χ1) is 19.1. The lowest BCUT2D eigenvalue weighted by Crippen LogP contribution is -2.31. The number of aliphatic hydroxyl groups excluding tert-OH is 1. The molecule has 0 spiro atoms. The normalized spacial score (nSPS) is 18.9. The summed E-state index contributed by atoms with van der Waals surface area (Å²) in [5.74, 6) is 1.31. The molecule has 2 N–H and O–H groups in total. The molecule has 39 heavy (non-hydrogen) atoms. The van der Waals surface area contributed by atoms with E-state index < -0.39 is 6.29 Å². The summed E-state index contributed by atoms with van der Waals surface area (Å²) in [6, 6.07) is 26.7. The topological polar surface area (TPSA) is 89.9 Å². The molecule has 1 aromatic heterocycles. The van der Waals surface area contributed by atoms with Gasteiger partial charge in [0.2, 0.25) is 0 Å². The van der Waals surface area contributed by atoms with Gasteiger partial charge in [-0.15, -0.1) is 11.8 Å². The Kier molecular flexibility index (Phi) is 8.90. The Balaban J connectivity index is 1.36. The molecule has 7 nitrogen and oxygen atoms in total. The minimum atomic E-state index is -0.625. The Morgan fingerprint density at radius 2 is 1.87 bits per heavy atom. The minimum Gasteiger partial charge on any atom is -0.496 e. The number of carbonyl (C=O) groups is 1. The number of aromatic nitrogens is 1. The smallest absolute Gasteiger partial charge is 0.257 e. The van der Waals surface area contributed by atoms with Gasteiger partial charge < -0.3 is 24.6 Å². The fraction of sp³-hybridized carbons (Fsp3) is 0.226. The number of pyridine rings is 1. The maximum atomic E-state index is 12.7. The van der Waals surface area contributed by atoms with Crippen LogP contribution in [0, 0.1) is 0 Å². The van der Waals surface area contributed by atoms with Crippen LogP contribution in [0.25, 0.3) is 0 Å². The predicted molar refractivity (Wildman–Crippen MR) is 151 cm³/mol. The number of anilines is 1. The van der Waals surface area contributed by atoms with E-state index in [1.165, 1.54) is 6.20 Å². The zero-order valence-corrected chi connectivity index (χ0v) is 22.3. The Morgan fingerprint density at radius 1 is 1.03 bits per heavy atom. The van der Waals surface area contributed by atoms with Gasteiger partial charge in [0, 0.05) is 40.7 Å². The van der Waals surface area contributed by atoms with Gasteiger partial charge in [0.25, 0.3) is 5.91 Å². The first-order valence-corrected chi connectivity index (χ1v) is 13.7. The summed E-state index contributed by atoms with van der Waals surface area (Å²) in [6.07, 6.45) is 2.91. The largest absolute Gasteiger partial charge is 0.496 e. The van der Waals surface area contributed by atoms with Crippen molar-refractivity contribution in [2.75, 3.05) is 18.2 Å². The van der Waals surface area contributed by atoms with Gasteiger partial charge in [0.05, 0.1) is 31.5 Å². The van der Waals surface area contributed by atoms with Gasteiger partial charge in [-0.2, -0.15) is 0 Å². The third-order valence-electron chi connectivity index (χ3n) is 6.45. The highest BCUT2D eigenvalue weighted by atomic mass is 32.2. The molecule has 0 radical (unpaired) electrons. The number of aliphatic hydroxyl groups is 1. The molecule has 2 heterocycles. The van der Waals surface area contributed by atoms with E-state index >= 15 is 0 Å². The Labute approximate surface area is 232 Å². The van der Waals surface area contributed by atoms with E-state index in [9.17, 15) is 9.90 Å². The van der Waals surface area contributed by atoms with Crippen LogP contribution in [0.4, 0.5) is 5.69 Å². The number of rotatable bonds is 9. The number of nitrogens with one attached hydrogen (secondary N) is 1. The summed E-state index contributed by atoms with van der Waals surface area (Å²) in [6.45, 7) is -0.00668.